The molecule has 0 unspecified atom stereocenters. The molecule has 18 heavy (non-hydrogen) atoms. The van der Waals surface area contributed by atoms with E-state index in [1.165, 1.54) is 6.20 Å². The van der Waals surface area contributed by atoms with Crippen LogP contribution in [0.2, 0.25) is 0 Å². The van der Waals surface area contributed by atoms with Gasteiger partial charge in [-0.15, -0.1) is 0 Å². The smallest absolute Gasteiger partial charge is 0.344 e. The van der Waals surface area contributed by atoms with E-state index in [9.17, 15) is 9.59 Å². The Bertz CT molecular complexity index is 621. The molecule has 0 amide bonds. The Balaban J connectivity index is 2.13. The number of aromatic nitrogens is 2. The van der Waals surface area contributed by atoms with Gasteiger partial charge in [0.25, 0.3) is 5.56 Å². The third kappa shape index (κ3) is 2.85. The Kier molecular flexibility index (Phi) is 3.57. The van der Waals surface area contributed by atoms with Crippen LogP contribution in [0.15, 0.2) is 29.2 Å². The average molecular weight is 248 g/mol. The predicted octanol–water partition coefficient (Wildman–Crippen LogP) is 0.865. The highest BCUT2D eigenvalue weighted by atomic mass is 16.6. The van der Waals surface area contributed by atoms with E-state index in [-0.39, 0.29) is 12.2 Å². The lowest BCUT2D eigenvalue weighted by Gasteiger charge is -2.06. The molecule has 6 nitrogen and oxygen atoms in total. The molecule has 0 aliphatic rings. The Morgan fingerprint density at radius 1 is 1.44 bits per heavy atom. The lowest BCUT2D eigenvalue weighted by molar-refractivity contribution is -0.145. The summed E-state index contributed by atoms with van der Waals surface area (Å²) in [5.41, 5.74) is 0.949. The minimum Gasteiger partial charge on any atom is -0.482 e. The van der Waals surface area contributed by atoms with Crippen LogP contribution in [0.5, 0.6) is 5.75 Å². The van der Waals surface area contributed by atoms with Crippen LogP contribution in [0.1, 0.15) is 6.92 Å². The van der Waals surface area contributed by atoms with Crippen LogP contribution in [0.4, 0.5) is 0 Å². The first-order valence-electron chi connectivity index (χ1n) is 5.46. The van der Waals surface area contributed by atoms with Gasteiger partial charge in [0.1, 0.15) is 5.75 Å². The number of nitrogens with one attached hydrogen (secondary N) is 1. The van der Waals surface area contributed by atoms with Crippen molar-refractivity contribution in [2.75, 3.05) is 13.2 Å². The first-order valence-corrected chi connectivity index (χ1v) is 5.46. The summed E-state index contributed by atoms with van der Waals surface area (Å²) >= 11 is 0. The van der Waals surface area contributed by atoms with Gasteiger partial charge in [-0.1, -0.05) is 0 Å². The normalized spacial score (nSPS) is 10.3. The summed E-state index contributed by atoms with van der Waals surface area (Å²) in [6.07, 6.45) is 1.19. The van der Waals surface area contributed by atoms with E-state index < -0.39 is 5.97 Å². The van der Waals surface area contributed by atoms with Crippen molar-refractivity contribution in [3.8, 4) is 5.75 Å². The van der Waals surface area contributed by atoms with Crippen LogP contribution in [0.3, 0.4) is 0 Å². The van der Waals surface area contributed by atoms with Crippen molar-refractivity contribution in [2.24, 2.45) is 0 Å². The van der Waals surface area contributed by atoms with Gasteiger partial charge in [-0.2, -0.15) is 0 Å². The molecule has 2 rings (SSSR count). The van der Waals surface area contributed by atoms with Crippen LogP contribution in [0.25, 0.3) is 11.0 Å². The van der Waals surface area contributed by atoms with Crippen molar-refractivity contribution in [1.82, 2.24) is 9.97 Å². The van der Waals surface area contributed by atoms with Crippen LogP contribution < -0.4 is 10.3 Å². The Morgan fingerprint density at radius 2 is 2.28 bits per heavy atom. The first kappa shape index (κ1) is 12.1. The maximum atomic E-state index is 11.1. The highest BCUT2D eigenvalue weighted by molar-refractivity contribution is 5.76. The molecule has 0 bridgehead atoms. The molecule has 0 spiro atoms. The van der Waals surface area contributed by atoms with Crippen molar-refractivity contribution in [2.45, 2.75) is 6.92 Å². The fraction of sp³-hybridized carbons (Fsp3) is 0.250. The number of carbonyl (C=O) groups is 1. The lowest BCUT2D eigenvalue weighted by atomic mass is 10.3. The average Bonchev–Trinajstić information content (AvgIpc) is 2.36. The molecular formula is C12H12N2O4. The molecule has 0 fully saturated rings. The van der Waals surface area contributed by atoms with Gasteiger partial charge in [-0.3, -0.25) is 4.79 Å². The van der Waals surface area contributed by atoms with E-state index in [4.69, 9.17) is 9.47 Å². The van der Waals surface area contributed by atoms with Gasteiger partial charge in [-0.25, -0.2) is 9.78 Å². The van der Waals surface area contributed by atoms with Crippen LogP contribution in [-0.2, 0) is 9.53 Å². The first-order chi connectivity index (χ1) is 8.69. The van der Waals surface area contributed by atoms with Crippen molar-refractivity contribution in [1.29, 1.82) is 0 Å². The van der Waals surface area contributed by atoms with Gasteiger partial charge in [0, 0.05) is 6.07 Å². The van der Waals surface area contributed by atoms with Crippen LogP contribution in [-0.4, -0.2) is 29.2 Å². The van der Waals surface area contributed by atoms with E-state index in [0.29, 0.717) is 23.4 Å². The van der Waals surface area contributed by atoms with Crippen LogP contribution >= 0.6 is 0 Å². The summed E-state index contributed by atoms with van der Waals surface area (Å²) in [6, 6.07) is 4.97. The van der Waals surface area contributed by atoms with Gasteiger partial charge in [0.05, 0.1) is 23.8 Å². The molecule has 1 aromatic carbocycles. The number of fused-ring (bicyclic) bond motifs is 1. The summed E-state index contributed by atoms with van der Waals surface area (Å²) in [6.45, 7) is 1.90. The number of ether oxygens (including phenoxy) is 2. The van der Waals surface area contributed by atoms with Crippen LogP contribution in [0, 0.1) is 0 Å². The summed E-state index contributed by atoms with van der Waals surface area (Å²) in [5.74, 6) is 0.0714. The molecule has 0 atom stereocenters. The van der Waals surface area contributed by atoms with Crippen molar-refractivity contribution >= 4 is 17.0 Å². The fourth-order valence-corrected chi connectivity index (χ4v) is 1.45. The Labute approximate surface area is 103 Å². The third-order valence-electron chi connectivity index (χ3n) is 2.21. The summed E-state index contributed by atoms with van der Waals surface area (Å²) < 4.78 is 9.99. The lowest BCUT2D eigenvalue weighted by Crippen LogP contribution is -2.14. The summed E-state index contributed by atoms with van der Waals surface area (Å²) in [5, 5.41) is 0. The summed E-state index contributed by atoms with van der Waals surface area (Å²) in [7, 11) is 0. The second kappa shape index (κ2) is 5.31. The van der Waals surface area contributed by atoms with Crippen molar-refractivity contribution < 1.29 is 14.3 Å². The fourth-order valence-electron chi connectivity index (χ4n) is 1.45. The van der Waals surface area contributed by atoms with E-state index >= 15 is 0 Å². The number of H-pyrrole nitrogens is 1. The molecule has 6 heteroatoms. The maximum absolute atomic E-state index is 11.1. The van der Waals surface area contributed by atoms with Gasteiger partial charge >= 0.3 is 5.97 Å². The minimum absolute atomic E-state index is 0.150. The molecule has 0 aliphatic heterocycles. The number of esters is 1. The molecule has 0 radical (unpaired) electrons. The van der Waals surface area contributed by atoms with Gasteiger partial charge in [-0.05, 0) is 19.1 Å². The zero-order chi connectivity index (χ0) is 13.0. The highest BCUT2D eigenvalue weighted by Gasteiger charge is 2.04. The number of carbonyl (C=O) groups excluding carboxylic acids is 1. The van der Waals surface area contributed by atoms with E-state index in [0.717, 1.165) is 0 Å². The van der Waals surface area contributed by atoms with Gasteiger partial charge in [0.2, 0.25) is 0 Å². The zero-order valence-electron chi connectivity index (χ0n) is 9.80. The summed E-state index contributed by atoms with van der Waals surface area (Å²) in [4.78, 5) is 28.8. The largest absolute Gasteiger partial charge is 0.482 e. The number of nitrogens with zero attached hydrogens (tertiary/aromatic N) is 1. The molecule has 0 saturated heterocycles. The molecule has 0 saturated carbocycles. The molecule has 1 heterocycles. The number of rotatable bonds is 4. The van der Waals surface area contributed by atoms with Crippen molar-refractivity contribution in [3.63, 3.8) is 0 Å². The monoisotopic (exact) mass is 248 g/mol. The Morgan fingerprint density at radius 3 is 3.06 bits per heavy atom. The van der Waals surface area contributed by atoms with E-state index in [1.807, 2.05) is 0 Å². The topological polar surface area (TPSA) is 81.3 Å². The van der Waals surface area contributed by atoms with E-state index in [2.05, 4.69) is 9.97 Å². The predicted molar refractivity (Wildman–Crippen MR) is 64.5 cm³/mol. The molecular weight excluding hydrogens is 236 g/mol. The quantitative estimate of drug-likeness (QED) is 0.812. The molecule has 2 aromatic rings. The standard InChI is InChI=1S/C12H12N2O4/c1-2-17-12(16)7-18-8-3-4-9-10(5-8)13-6-11(15)14-9/h3-6H,2,7H2,1H3,(H,14,15). The second-order valence-corrected chi connectivity index (χ2v) is 3.52. The van der Waals surface area contributed by atoms with Gasteiger partial charge < -0.3 is 14.5 Å². The SMILES string of the molecule is CCOC(=O)COc1ccc2[nH]c(=O)cnc2c1. The second-order valence-electron chi connectivity index (χ2n) is 3.52. The minimum atomic E-state index is -0.424. The highest BCUT2D eigenvalue weighted by Crippen LogP contribution is 2.16. The van der Waals surface area contributed by atoms with E-state index in [1.54, 1.807) is 25.1 Å². The Hall–Kier alpha value is -2.37. The number of hydrogen-bond acceptors (Lipinski definition) is 5. The number of benzene rings is 1. The molecule has 1 N–H and O–H groups in total. The maximum Gasteiger partial charge on any atom is 0.344 e. The van der Waals surface area contributed by atoms with Crippen molar-refractivity contribution in [3.05, 3.63) is 34.7 Å². The number of hydrogen-bond donors (Lipinski definition) is 1. The molecule has 94 valence electrons. The third-order valence-corrected chi connectivity index (χ3v) is 2.21. The van der Waals surface area contributed by atoms with Gasteiger partial charge in [0.15, 0.2) is 6.61 Å². The zero-order valence-corrected chi connectivity index (χ0v) is 9.80. The number of aromatic amines is 1. The molecule has 1 aromatic heterocycles. The molecule has 0 aliphatic carbocycles.